The largest absolute Gasteiger partial charge is 0.281 e. The van der Waals surface area contributed by atoms with Crippen molar-refractivity contribution in [2.45, 2.75) is 25.7 Å². The van der Waals surface area contributed by atoms with Gasteiger partial charge in [0.05, 0.1) is 0 Å². The van der Waals surface area contributed by atoms with Gasteiger partial charge in [-0.3, -0.25) is 4.79 Å². The van der Waals surface area contributed by atoms with Gasteiger partial charge >= 0.3 is 0 Å². The Morgan fingerprint density at radius 3 is 2.40 bits per heavy atom. The molecule has 0 saturated heterocycles. The fourth-order valence-corrected chi connectivity index (χ4v) is 2.79. The molecule has 0 spiro atoms. The second-order valence-corrected chi connectivity index (χ2v) is 3.96. The molecule has 2 rings (SSSR count). The molecular formula is C8H11ClO. The van der Waals surface area contributed by atoms with Gasteiger partial charge in [0.2, 0.25) is 5.24 Å². The maximum Gasteiger partial charge on any atom is 0.225 e. The van der Waals surface area contributed by atoms with E-state index in [1.54, 1.807) is 0 Å². The van der Waals surface area contributed by atoms with Crippen LogP contribution >= 0.6 is 11.6 Å². The second-order valence-electron chi connectivity index (χ2n) is 3.59. The molecule has 0 N–H and O–H groups in total. The molecular weight excluding hydrogens is 148 g/mol. The van der Waals surface area contributed by atoms with Crippen LogP contribution in [-0.2, 0) is 4.79 Å². The van der Waals surface area contributed by atoms with Gasteiger partial charge in [0.25, 0.3) is 0 Å². The predicted octanol–water partition coefficient (Wildman–Crippen LogP) is 2.19. The zero-order chi connectivity index (χ0) is 7.14. The summed E-state index contributed by atoms with van der Waals surface area (Å²) < 4.78 is 0. The van der Waals surface area contributed by atoms with Crippen molar-refractivity contribution in [3.05, 3.63) is 0 Å². The number of hydrogen-bond acceptors (Lipinski definition) is 1. The molecule has 0 aromatic carbocycles. The summed E-state index contributed by atoms with van der Waals surface area (Å²) in [7, 11) is 0. The molecule has 0 aromatic rings. The minimum atomic E-state index is -0.0906. The van der Waals surface area contributed by atoms with Gasteiger partial charge in [0.1, 0.15) is 0 Å². The number of fused-ring (bicyclic) bond motifs is 2. The third-order valence-corrected chi connectivity index (χ3v) is 3.31. The van der Waals surface area contributed by atoms with Gasteiger partial charge in [-0.25, -0.2) is 0 Å². The molecule has 2 aliphatic carbocycles. The van der Waals surface area contributed by atoms with Gasteiger partial charge in [-0.1, -0.05) is 6.42 Å². The van der Waals surface area contributed by atoms with E-state index in [0.717, 1.165) is 12.3 Å². The number of carbonyl (C=O) groups excluding carboxylic acids is 1. The third kappa shape index (κ3) is 0.878. The quantitative estimate of drug-likeness (QED) is 0.535. The highest BCUT2D eigenvalue weighted by atomic mass is 35.5. The Kier molecular flexibility index (Phi) is 1.48. The van der Waals surface area contributed by atoms with Crippen LogP contribution in [0.5, 0.6) is 0 Å². The molecule has 2 heteroatoms. The molecule has 56 valence electrons. The highest BCUT2D eigenvalue weighted by Crippen LogP contribution is 2.48. The van der Waals surface area contributed by atoms with Gasteiger partial charge < -0.3 is 0 Å². The predicted molar refractivity (Wildman–Crippen MR) is 39.8 cm³/mol. The van der Waals surface area contributed by atoms with E-state index >= 15 is 0 Å². The Balaban J connectivity index is 2.08. The molecule has 0 heterocycles. The van der Waals surface area contributed by atoms with Crippen LogP contribution in [0, 0.1) is 17.8 Å². The molecule has 10 heavy (non-hydrogen) atoms. The van der Waals surface area contributed by atoms with E-state index in [1.165, 1.54) is 19.3 Å². The van der Waals surface area contributed by atoms with Crippen LogP contribution in [0.2, 0.25) is 0 Å². The first-order chi connectivity index (χ1) is 4.77. The summed E-state index contributed by atoms with van der Waals surface area (Å²) in [5.41, 5.74) is 0. The normalized spacial score (nSPS) is 44.3. The lowest BCUT2D eigenvalue weighted by Gasteiger charge is -2.16. The van der Waals surface area contributed by atoms with E-state index in [2.05, 4.69) is 0 Å². The second kappa shape index (κ2) is 2.23. The van der Waals surface area contributed by atoms with Crippen molar-refractivity contribution in [3.8, 4) is 0 Å². The van der Waals surface area contributed by atoms with Crippen molar-refractivity contribution in [2.75, 3.05) is 0 Å². The minimum Gasteiger partial charge on any atom is -0.281 e. The van der Waals surface area contributed by atoms with E-state index in [1.807, 2.05) is 0 Å². The van der Waals surface area contributed by atoms with Crippen molar-refractivity contribution < 1.29 is 4.79 Å². The van der Waals surface area contributed by atoms with Crippen molar-refractivity contribution >= 4 is 16.8 Å². The Hall–Kier alpha value is -0.0400. The summed E-state index contributed by atoms with van der Waals surface area (Å²) >= 11 is 5.44. The number of carbonyl (C=O) groups is 1. The molecule has 2 saturated carbocycles. The molecule has 3 atom stereocenters. The first-order valence-corrected chi connectivity index (χ1v) is 4.34. The van der Waals surface area contributed by atoms with E-state index in [9.17, 15) is 4.79 Å². The van der Waals surface area contributed by atoms with E-state index < -0.39 is 0 Å². The lowest BCUT2D eigenvalue weighted by molar-refractivity contribution is -0.116. The van der Waals surface area contributed by atoms with Crippen molar-refractivity contribution in [1.29, 1.82) is 0 Å². The first-order valence-electron chi connectivity index (χ1n) is 3.96. The van der Waals surface area contributed by atoms with Crippen LogP contribution in [0.4, 0.5) is 0 Å². The summed E-state index contributed by atoms with van der Waals surface area (Å²) in [5, 5.41) is -0.0906. The average molecular weight is 159 g/mol. The van der Waals surface area contributed by atoms with Crippen molar-refractivity contribution in [1.82, 2.24) is 0 Å². The third-order valence-electron chi connectivity index (χ3n) is 3.03. The van der Waals surface area contributed by atoms with Gasteiger partial charge in [-0.05, 0) is 42.7 Å². The SMILES string of the molecule is O=C(Cl)[C@@H]1C[C@@H]2CC[C@@H]1C2. The maximum atomic E-state index is 10.8. The lowest BCUT2D eigenvalue weighted by atomic mass is 9.90. The maximum absolute atomic E-state index is 10.8. The van der Waals surface area contributed by atoms with Crippen molar-refractivity contribution in [2.24, 2.45) is 17.8 Å². The summed E-state index contributed by atoms with van der Waals surface area (Å²) in [6.45, 7) is 0. The fraction of sp³-hybridized carbons (Fsp3) is 0.875. The topological polar surface area (TPSA) is 17.1 Å². The summed E-state index contributed by atoms with van der Waals surface area (Å²) in [6.07, 6.45) is 4.93. The zero-order valence-electron chi connectivity index (χ0n) is 5.85. The van der Waals surface area contributed by atoms with Gasteiger partial charge in [-0.2, -0.15) is 0 Å². The smallest absolute Gasteiger partial charge is 0.225 e. The Bertz CT molecular complexity index is 167. The van der Waals surface area contributed by atoms with Crippen LogP contribution < -0.4 is 0 Å². The number of halogens is 1. The Labute approximate surface area is 65.7 Å². The van der Waals surface area contributed by atoms with Gasteiger partial charge in [-0.15, -0.1) is 0 Å². The van der Waals surface area contributed by atoms with Crippen LogP contribution in [-0.4, -0.2) is 5.24 Å². The van der Waals surface area contributed by atoms with E-state index in [-0.39, 0.29) is 11.2 Å². The number of hydrogen-bond donors (Lipinski definition) is 0. The molecule has 2 bridgehead atoms. The van der Waals surface area contributed by atoms with Gasteiger partial charge in [0.15, 0.2) is 0 Å². The molecule has 0 amide bonds. The molecule has 0 radical (unpaired) electrons. The summed E-state index contributed by atoms with van der Waals surface area (Å²) in [5.74, 6) is 1.70. The van der Waals surface area contributed by atoms with Crippen LogP contribution in [0.15, 0.2) is 0 Å². The van der Waals surface area contributed by atoms with Gasteiger partial charge in [0, 0.05) is 5.92 Å². The molecule has 2 fully saturated rings. The molecule has 0 aliphatic heterocycles. The van der Waals surface area contributed by atoms with E-state index in [0.29, 0.717) is 5.92 Å². The Morgan fingerprint density at radius 1 is 1.30 bits per heavy atom. The molecule has 0 aromatic heterocycles. The molecule has 0 unspecified atom stereocenters. The monoisotopic (exact) mass is 158 g/mol. The van der Waals surface area contributed by atoms with E-state index in [4.69, 9.17) is 11.6 Å². The minimum absolute atomic E-state index is 0.0906. The van der Waals surface area contributed by atoms with Crippen LogP contribution in [0.25, 0.3) is 0 Å². The lowest BCUT2D eigenvalue weighted by Crippen LogP contribution is -2.16. The first kappa shape index (κ1) is 6.66. The van der Waals surface area contributed by atoms with Crippen molar-refractivity contribution in [3.63, 3.8) is 0 Å². The average Bonchev–Trinajstić information content (AvgIpc) is 2.44. The van der Waals surface area contributed by atoms with Crippen LogP contribution in [0.1, 0.15) is 25.7 Å². The fourth-order valence-electron chi connectivity index (χ4n) is 2.52. The molecule has 2 aliphatic rings. The highest BCUT2D eigenvalue weighted by molar-refractivity contribution is 6.64. The highest BCUT2D eigenvalue weighted by Gasteiger charge is 2.42. The summed E-state index contributed by atoms with van der Waals surface area (Å²) in [6, 6.07) is 0. The Morgan fingerprint density at radius 2 is 2.10 bits per heavy atom. The number of rotatable bonds is 1. The summed E-state index contributed by atoms with van der Waals surface area (Å²) in [4.78, 5) is 10.8. The zero-order valence-corrected chi connectivity index (χ0v) is 6.60. The van der Waals surface area contributed by atoms with Crippen LogP contribution in [0.3, 0.4) is 0 Å². The standard InChI is InChI=1S/C8H11ClO/c9-8(10)7-4-5-1-2-6(7)3-5/h5-7H,1-4H2/t5-,6-,7-/m1/s1. The molecule has 1 nitrogen and oxygen atoms in total.